The van der Waals surface area contributed by atoms with Gasteiger partial charge in [-0.15, -0.1) is 11.3 Å². The summed E-state index contributed by atoms with van der Waals surface area (Å²) in [5.74, 6) is 0. The van der Waals surface area contributed by atoms with E-state index in [9.17, 15) is 0 Å². The van der Waals surface area contributed by atoms with Crippen molar-refractivity contribution in [3.63, 3.8) is 0 Å². The zero-order valence-electron chi connectivity index (χ0n) is 8.26. The lowest BCUT2D eigenvalue weighted by Gasteiger charge is -2.18. The molecule has 0 saturated heterocycles. The SMILES string of the molecule is CCCc1nc2c(s1)[C@@H](C)NCC2. The van der Waals surface area contributed by atoms with Crippen LogP contribution in [-0.2, 0) is 12.8 Å². The van der Waals surface area contributed by atoms with Crippen molar-refractivity contribution in [3.8, 4) is 0 Å². The average molecular weight is 196 g/mol. The minimum absolute atomic E-state index is 0.520. The van der Waals surface area contributed by atoms with E-state index in [2.05, 4.69) is 24.1 Å². The fourth-order valence-corrected chi connectivity index (χ4v) is 2.99. The highest BCUT2D eigenvalue weighted by Gasteiger charge is 2.19. The number of rotatable bonds is 2. The predicted octanol–water partition coefficient (Wildman–Crippen LogP) is 2.30. The molecule has 0 spiro atoms. The molecular weight excluding hydrogens is 180 g/mol. The van der Waals surface area contributed by atoms with E-state index >= 15 is 0 Å². The number of fused-ring (bicyclic) bond motifs is 1. The predicted molar refractivity (Wildman–Crippen MR) is 56.2 cm³/mol. The molecule has 0 bridgehead atoms. The Balaban J connectivity index is 2.25. The first kappa shape index (κ1) is 9.16. The molecule has 1 aromatic rings. The Hall–Kier alpha value is -0.410. The minimum Gasteiger partial charge on any atom is -0.309 e. The Morgan fingerprint density at radius 3 is 3.15 bits per heavy atom. The molecule has 0 saturated carbocycles. The first-order valence-corrected chi connectivity index (χ1v) is 5.84. The van der Waals surface area contributed by atoms with Crippen LogP contribution in [0.2, 0.25) is 0 Å². The Labute approximate surface area is 83.4 Å². The second-order valence-electron chi connectivity index (χ2n) is 3.59. The van der Waals surface area contributed by atoms with Gasteiger partial charge in [-0.1, -0.05) is 6.92 Å². The van der Waals surface area contributed by atoms with Crippen LogP contribution in [0.15, 0.2) is 0 Å². The van der Waals surface area contributed by atoms with E-state index in [1.165, 1.54) is 22.0 Å². The molecule has 0 fully saturated rings. The summed E-state index contributed by atoms with van der Waals surface area (Å²) in [5.41, 5.74) is 1.35. The molecule has 1 atom stereocenters. The number of aromatic nitrogens is 1. The van der Waals surface area contributed by atoms with Crippen LogP contribution in [0.1, 0.15) is 41.9 Å². The van der Waals surface area contributed by atoms with Gasteiger partial charge >= 0.3 is 0 Å². The maximum Gasteiger partial charge on any atom is 0.0931 e. The minimum atomic E-state index is 0.520. The Morgan fingerprint density at radius 2 is 2.46 bits per heavy atom. The van der Waals surface area contributed by atoms with Crippen LogP contribution in [0.4, 0.5) is 0 Å². The highest BCUT2D eigenvalue weighted by molar-refractivity contribution is 7.11. The summed E-state index contributed by atoms with van der Waals surface area (Å²) in [6, 6.07) is 0.520. The fourth-order valence-electron chi connectivity index (χ4n) is 1.75. The van der Waals surface area contributed by atoms with E-state index in [1.807, 2.05) is 11.3 Å². The third-order valence-electron chi connectivity index (χ3n) is 2.44. The number of hydrogen-bond donors (Lipinski definition) is 1. The van der Waals surface area contributed by atoms with Gasteiger partial charge in [0.1, 0.15) is 0 Å². The van der Waals surface area contributed by atoms with E-state index in [0.717, 1.165) is 19.4 Å². The number of hydrogen-bond acceptors (Lipinski definition) is 3. The van der Waals surface area contributed by atoms with Crippen LogP contribution in [0.3, 0.4) is 0 Å². The van der Waals surface area contributed by atoms with Gasteiger partial charge in [0, 0.05) is 23.9 Å². The van der Waals surface area contributed by atoms with Crippen LogP contribution >= 0.6 is 11.3 Å². The van der Waals surface area contributed by atoms with Crippen LogP contribution in [0.25, 0.3) is 0 Å². The summed E-state index contributed by atoms with van der Waals surface area (Å²) in [7, 11) is 0. The molecule has 0 amide bonds. The molecule has 1 aromatic heterocycles. The van der Waals surface area contributed by atoms with Crippen LogP contribution in [-0.4, -0.2) is 11.5 Å². The average Bonchev–Trinajstić information content (AvgIpc) is 2.49. The molecule has 1 aliphatic rings. The number of nitrogens with one attached hydrogen (secondary N) is 1. The third-order valence-corrected chi connectivity index (χ3v) is 3.78. The van der Waals surface area contributed by atoms with Crippen molar-refractivity contribution in [1.29, 1.82) is 0 Å². The zero-order chi connectivity index (χ0) is 9.26. The van der Waals surface area contributed by atoms with Crippen LogP contribution in [0, 0.1) is 0 Å². The van der Waals surface area contributed by atoms with Crippen LogP contribution < -0.4 is 5.32 Å². The topological polar surface area (TPSA) is 24.9 Å². The van der Waals surface area contributed by atoms with Gasteiger partial charge in [0.05, 0.1) is 10.7 Å². The molecule has 2 nitrogen and oxygen atoms in total. The largest absolute Gasteiger partial charge is 0.309 e. The molecule has 13 heavy (non-hydrogen) atoms. The molecule has 2 heterocycles. The van der Waals surface area contributed by atoms with Crippen molar-refractivity contribution in [3.05, 3.63) is 15.6 Å². The summed E-state index contributed by atoms with van der Waals surface area (Å²) in [6.07, 6.45) is 3.46. The number of thiazole rings is 1. The van der Waals surface area contributed by atoms with Crippen molar-refractivity contribution in [1.82, 2.24) is 10.3 Å². The van der Waals surface area contributed by atoms with Crippen LogP contribution in [0.5, 0.6) is 0 Å². The number of nitrogens with zero attached hydrogens (tertiary/aromatic N) is 1. The molecule has 0 aromatic carbocycles. The molecule has 1 aliphatic heterocycles. The molecule has 0 radical (unpaired) electrons. The Kier molecular flexibility index (Phi) is 2.65. The maximum absolute atomic E-state index is 4.67. The maximum atomic E-state index is 4.67. The fraction of sp³-hybridized carbons (Fsp3) is 0.700. The van der Waals surface area contributed by atoms with E-state index in [-0.39, 0.29) is 0 Å². The number of aryl methyl sites for hydroxylation is 1. The zero-order valence-corrected chi connectivity index (χ0v) is 9.08. The molecule has 72 valence electrons. The molecule has 1 N–H and O–H groups in total. The smallest absolute Gasteiger partial charge is 0.0931 e. The summed E-state index contributed by atoms with van der Waals surface area (Å²) in [6.45, 7) is 5.53. The van der Waals surface area contributed by atoms with Gasteiger partial charge in [0.2, 0.25) is 0 Å². The second kappa shape index (κ2) is 3.76. The third kappa shape index (κ3) is 1.76. The van der Waals surface area contributed by atoms with E-state index in [4.69, 9.17) is 0 Å². The highest BCUT2D eigenvalue weighted by atomic mass is 32.1. The Bertz CT molecular complexity index is 293. The molecule has 3 heteroatoms. The lowest BCUT2D eigenvalue weighted by molar-refractivity contribution is 0.544. The van der Waals surface area contributed by atoms with E-state index in [0.29, 0.717) is 6.04 Å². The van der Waals surface area contributed by atoms with Gasteiger partial charge in [-0.25, -0.2) is 4.98 Å². The Morgan fingerprint density at radius 1 is 1.62 bits per heavy atom. The second-order valence-corrected chi connectivity index (χ2v) is 4.71. The summed E-state index contributed by atoms with van der Waals surface area (Å²) in [5, 5.41) is 4.79. The summed E-state index contributed by atoms with van der Waals surface area (Å²) < 4.78 is 0. The van der Waals surface area contributed by atoms with Gasteiger partial charge in [-0.05, 0) is 19.8 Å². The van der Waals surface area contributed by atoms with Gasteiger partial charge in [0.25, 0.3) is 0 Å². The molecular formula is C10H16N2S. The quantitative estimate of drug-likeness (QED) is 0.785. The lowest BCUT2D eigenvalue weighted by atomic mass is 10.1. The van der Waals surface area contributed by atoms with E-state index in [1.54, 1.807) is 0 Å². The summed E-state index contributed by atoms with van der Waals surface area (Å²) >= 11 is 1.89. The van der Waals surface area contributed by atoms with Crippen molar-refractivity contribution >= 4 is 11.3 Å². The van der Waals surface area contributed by atoms with Gasteiger partial charge in [-0.2, -0.15) is 0 Å². The van der Waals surface area contributed by atoms with Gasteiger partial charge in [0.15, 0.2) is 0 Å². The lowest BCUT2D eigenvalue weighted by Crippen LogP contribution is -2.26. The highest BCUT2D eigenvalue weighted by Crippen LogP contribution is 2.28. The van der Waals surface area contributed by atoms with Crippen molar-refractivity contribution in [2.24, 2.45) is 0 Å². The molecule has 0 unspecified atom stereocenters. The van der Waals surface area contributed by atoms with Gasteiger partial charge < -0.3 is 5.32 Å². The molecule has 2 rings (SSSR count). The molecule has 0 aliphatic carbocycles. The first-order valence-electron chi connectivity index (χ1n) is 5.03. The first-order chi connectivity index (χ1) is 6.31. The van der Waals surface area contributed by atoms with E-state index < -0.39 is 0 Å². The van der Waals surface area contributed by atoms with Crippen molar-refractivity contribution in [2.45, 2.75) is 39.2 Å². The van der Waals surface area contributed by atoms with Crippen molar-refractivity contribution in [2.75, 3.05) is 6.54 Å². The standard InChI is InChI=1S/C10H16N2S/c1-3-4-9-12-8-5-6-11-7(2)10(8)13-9/h7,11H,3-6H2,1-2H3/t7-/m1/s1. The van der Waals surface area contributed by atoms with Gasteiger partial charge in [-0.3, -0.25) is 0 Å². The van der Waals surface area contributed by atoms with Crippen molar-refractivity contribution < 1.29 is 0 Å². The normalized spacial score (nSPS) is 21.5. The summed E-state index contributed by atoms with van der Waals surface area (Å²) in [4.78, 5) is 6.14. The monoisotopic (exact) mass is 196 g/mol.